The number of pyridine rings is 1. The van der Waals surface area contributed by atoms with E-state index in [0.717, 1.165) is 12.8 Å². The fourth-order valence-electron chi connectivity index (χ4n) is 3.05. The Morgan fingerprint density at radius 2 is 2.20 bits per heavy atom. The van der Waals surface area contributed by atoms with Gasteiger partial charge in [0.2, 0.25) is 5.91 Å². The van der Waals surface area contributed by atoms with E-state index in [1.807, 2.05) is 7.05 Å². The summed E-state index contributed by atoms with van der Waals surface area (Å²) in [7, 11) is 1.83. The van der Waals surface area contributed by atoms with Gasteiger partial charge in [0.25, 0.3) is 5.91 Å². The van der Waals surface area contributed by atoms with Crippen molar-refractivity contribution >= 4 is 17.5 Å². The smallest absolute Gasteiger partial charge is 0.272 e. The lowest BCUT2D eigenvalue weighted by Crippen LogP contribution is -2.45. The van der Waals surface area contributed by atoms with Gasteiger partial charge < -0.3 is 15.5 Å². The summed E-state index contributed by atoms with van der Waals surface area (Å²) in [4.78, 5) is 32.2. The summed E-state index contributed by atoms with van der Waals surface area (Å²) in [6.45, 7) is 1.06. The summed E-state index contributed by atoms with van der Waals surface area (Å²) in [5, 5.41) is 0. The molecule has 6 nitrogen and oxygen atoms in total. The number of hydrogen-bond donors (Lipinski definition) is 1. The van der Waals surface area contributed by atoms with E-state index in [-0.39, 0.29) is 23.8 Å². The highest BCUT2D eigenvalue weighted by Gasteiger charge is 2.40. The molecule has 2 bridgehead atoms. The number of likely N-dealkylation sites (N-methyl/N-ethyl adjacent to an activating group) is 1. The van der Waals surface area contributed by atoms with Crippen molar-refractivity contribution in [1.29, 1.82) is 0 Å². The molecule has 1 aromatic heterocycles. The molecule has 3 saturated heterocycles. The lowest BCUT2D eigenvalue weighted by atomic mass is 9.95. The van der Waals surface area contributed by atoms with Crippen molar-refractivity contribution in [1.82, 2.24) is 14.8 Å². The molecule has 6 heteroatoms. The summed E-state index contributed by atoms with van der Waals surface area (Å²) in [5.74, 6) is -0.0712. The van der Waals surface area contributed by atoms with Gasteiger partial charge in [0.1, 0.15) is 5.69 Å². The maximum atomic E-state index is 12.5. The van der Waals surface area contributed by atoms with E-state index in [1.165, 1.54) is 6.20 Å². The minimum absolute atomic E-state index is 0.0799. The molecule has 4 rings (SSSR count). The molecule has 2 N–H and O–H groups in total. The normalized spacial score (nSPS) is 25.8. The number of nitrogen functional groups attached to an aromatic ring is 1. The van der Waals surface area contributed by atoms with Gasteiger partial charge in [-0.25, -0.2) is 0 Å². The average molecular weight is 274 g/mol. The molecular formula is C14H18N4O2. The first-order valence-electron chi connectivity index (χ1n) is 6.83. The van der Waals surface area contributed by atoms with Crippen molar-refractivity contribution in [2.24, 2.45) is 5.92 Å². The molecule has 0 spiro atoms. The maximum absolute atomic E-state index is 12.5. The van der Waals surface area contributed by atoms with Crippen LogP contribution >= 0.6 is 0 Å². The highest BCUT2D eigenvalue weighted by atomic mass is 16.2. The summed E-state index contributed by atoms with van der Waals surface area (Å²) in [6.07, 6.45) is 3.36. The van der Waals surface area contributed by atoms with Crippen molar-refractivity contribution in [2.45, 2.75) is 18.9 Å². The molecule has 1 aromatic rings. The molecule has 2 amide bonds. The second kappa shape index (κ2) is 4.77. The van der Waals surface area contributed by atoms with Gasteiger partial charge in [-0.15, -0.1) is 0 Å². The summed E-state index contributed by atoms with van der Waals surface area (Å²) >= 11 is 0. The minimum atomic E-state index is -0.141. The molecule has 0 radical (unpaired) electrons. The van der Waals surface area contributed by atoms with E-state index in [2.05, 4.69) is 4.98 Å². The molecule has 20 heavy (non-hydrogen) atoms. The number of fused-ring (bicyclic) bond motifs is 4. The molecule has 3 aliphatic rings. The van der Waals surface area contributed by atoms with Crippen LogP contribution in [0.25, 0.3) is 0 Å². The highest BCUT2D eigenvalue weighted by Crippen LogP contribution is 2.28. The predicted octanol–water partition coefficient (Wildman–Crippen LogP) is 0.357. The third-order valence-electron chi connectivity index (χ3n) is 4.26. The Labute approximate surface area is 117 Å². The molecule has 0 aliphatic carbocycles. The number of piperidine rings is 1. The van der Waals surface area contributed by atoms with E-state index in [9.17, 15) is 9.59 Å². The number of amides is 2. The largest absolute Gasteiger partial charge is 0.399 e. The second-order valence-electron chi connectivity index (χ2n) is 5.56. The number of hydrogen-bond acceptors (Lipinski definition) is 4. The zero-order chi connectivity index (χ0) is 14.3. The van der Waals surface area contributed by atoms with Crippen LogP contribution in [0.3, 0.4) is 0 Å². The van der Waals surface area contributed by atoms with Gasteiger partial charge in [-0.1, -0.05) is 0 Å². The van der Waals surface area contributed by atoms with E-state index in [1.54, 1.807) is 21.9 Å². The summed E-state index contributed by atoms with van der Waals surface area (Å²) < 4.78 is 0. The Bertz CT molecular complexity index is 560. The van der Waals surface area contributed by atoms with E-state index in [4.69, 9.17) is 5.73 Å². The molecule has 3 fully saturated rings. The first-order valence-corrected chi connectivity index (χ1v) is 6.83. The average Bonchev–Trinajstić information content (AvgIpc) is 2.72. The number of anilines is 1. The first-order chi connectivity index (χ1) is 9.56. The molecule has 4 heterocycles. The maximum Gasteiger partial charge on any atom is 0.272 e. The van der Waals surface area contributed by atoms with Crippen LogP contribution in [0.15, 0.2) is 18.3 Å². The number of carbonyl (C=O) groups excluding carboxylic acids is 2. The molecule has 0 saturated carbocycles. The van der Waals surface area contributed by atoms with Gasteiger partial charge in [-0.2, -0.15) is 0 Å². The van der Waals surface area contributed by atoms with Crippen LogP contribution in [0.4, 0.5) is 5.69 Å². The fraction of sp³-hybridized carbons (Fsp3) is 0.500. The van der Waals surface area contributed by atoms with Gasteiger partial charge in [0.05, 0.1) is 5.92 Å². The lowest BCUT2D eigenvalue weighted by molar-refractivity contribution is -0.138. The monoisotopic (exact) mass is 274 g/mol. The van der Waals surface area contributed by atoms with Gasteiger partial charge in [0, 0.05) is 38.1 Å². The van der Waals surface area contributed by atoms with Crippen molar-refractivity contribution in [2.75, 3.05) is 25.9 Å². The predicted molar refractivity (Wildman–Crippen MR) is 73.8 cm³/mol. The van der Waals surface area contributed by atoms with Crippen molar-refractivity contribution in [3.63, 3.8) is 0 Å². The quantitative estimate of drug-likeness (QED) is 0.801. The fourth-order valence-corrected chi connectivity index (χ4v) is 3.05. The molecule has 2 atom stereocenters. The van der Waals surface area contributed by atoms with Gasteiger partial charge >= 0.3 is 0 Å². The standard InChI is InChI=1S/C14H18N4O2/c1-17-11-3-2-9(13(17)19)7-18(8-11)14(20)12-6-10(15)4-5-16-12/h4-6,9,11H,2-3,7-8H2,1H3,(H2,15,16)/t9-,11+/m0/s1. The Balaban J connectivity index is 1.85. The molecule has 0 aromatic carbocycles. The Kier molecular flexibility index (Phi) is 3.08. The van der Waals surface area contributed by atoms with Gasteiger partial charge in [0.15, 0.2) is 0 Å². The van der Waals surface area contributed by atoms with Crippen molar-refractivity contribution in [3.05, 3.63) is 24.0 Å². The SMILES string of the molecule is CN1C(=O)[C@H]2CC[C@@H]1CN(C(=O)c1cc(N)ccn1)C2. The third kappa shape index (κ3) is 2.11. The van der Waals surface area contributed by atoms with E-state index >= 15 is 0 Å². The first kappa shape index (κ1) is 12.9. The van der Waals surface area contributed by atoms with Crippen LogP contribution in [0, 0.1) is 5.92 Å². The number of aromatic nitrogens is 1. The molecular weight excluding hydrogens is 256 g/mol. The molecule has 0 unspecified atom stereocenters. The van der Waals surface area contributed by atoms with Crippen molar-refractivity contribution < 1.29 is 9.59 Å². The van der Waals surface area contributed by atoms with Crippen LogP contribution in [0.1, 0.15) is 23.3 Å². The summed E-state index contributed by atoms with van der Waals surface area (Å²) in [6, 6.07) is 3.35. The highest BCUT2D eigenvalue weighted by molar-refractivity contribution is 5.94. The molecule has 3 aliphatic heterocycles. The third-order valence-corrected chi connectivity index (χ3v) is 4.26. The number of carbonyl (C=O) groups is 2. The van der Waals surface area contributed by atoms with E-state index < -0.39 is 0 Å². The number of nitrogens with zero attached hydrogens (tertiary/aromatic N) is 3. The Morgan fingerprint density at radius 3 is 2.95 bits per heavy atom. The topological polar surface area (TPSA) is 79.5 Å². The van der Waals surface area contributed by atoms with Crippen LogP contribution in [-0.2, 0) is 4.79 Å². The van der Waals surface area contributed by atoms with Gasteiger partial charge in [-0.05, 0) is 25.0 Å². The lowest BCUT2D eigenvalue weighted by Gasteiger charge is -2.32. The summed E-state index contributed by atoms with van der Waals surface area (Å²) in [5.41, 5.74) is 6.57. The van der Waals surface area contributed by atoms with E-state index in [0.29, 0.717) is 24.5 Å². The van der Waals surface area contributed by atoms with Crippen LogP contribution in [0.2, 0.25) is 0 Å². The van der Waals surface area contributed by atoms with Crippen molar-refractivity contribution in [3.8, 4) is 0 Å². The zero-order valence-electron chi connectivity index (χ0n) is 11.5. The van der Waals surface area contributed by atoms with Crippen LogP contribution in [-0.4, -0.2) is 52.8 Å². The second-order valence-corrected chi connectivity index (χ2v) is 5.56. The van der Waals surface area contributed by atoms with Crippen LogP contribution in [0.5, 0.6) is 0 Å². The number of rotatable bonds is 1. The molecule has 106 valence electrons. The van der Waals surface area contributed by atoms with Crippen LogP contribution < -0.4 is 5.73 Å². The Hall–Kier alpha value is -2.11. The zero-order valence-corrected chi connectivity index (χ0v) is 11.5. The number of nitrogens with two attached hydrogens (primary N) is 1. The minimum Gasteiger partial charge on any atom is -0.399 e. The van der Waals surface area contributed by atoms with Gasteiger partial charge in [-0.3, -0.25) is 14.6 Å². The Morgan fingerprint density at radius 1 is 1.40 bits per heavy atom.